The Morgan fingerprint density at radius 1 is 0.607 bits per heavy atom. The first-order valence-electron chi connectivity index (χ1n) is 9.58. The lowest BCUT2D eigenvalue weighted by Crippen LogP contribution is -1.99. The minimum Gasteiger partial charge on any atom is -0.489 e. The molecule has 136 valence electrons. The van der Waals surface area contributed by atoms with Gasteiger partial charge in [0.25, 0.3) is 0 Å². The van der Waals surface area contributed by atoms with Crippen LogP contribution >= 0.6 is 0 Å². The summed E-state index contributed by atoms with van der Waals surface area (Å²) in [7, 11) is 0. The van der Waals surface area contributed by atoms with Crippen molar-refractivity contribution in [2.24, 2.45) is 0 Å². The lowest BCUT2D eigenvalue weighted by Gasteiger charge is -2.10. The lowest BCUT2D eigenvalue weighted by molar-refractivity contribution is 0.306. The average Bonchev–Trinajstić information content (AvgIpc) is 3.15. The number of ether oxygens (including phenoxy) is 1. The van der Waals surface area contributed by atoms with E-state index in [1.807, 2.05) is 24.3 Å². The monoisotopic (exact) mass is 363 g/mol. The molecule has 0 fully saturated rings. The molecule has 0 aliphatic carbocycles. The Balaban J connectivity index is 1.41. The predicted molar refractivity (Wildman–Crippen MR) is 116 cm³/mol. The van der Waals surface area contributed by atoms with Crippen LogP contribution in [-0.2, 0) is 13.2 Å². The Bertz CT molecular complexity index is 1240. The summed E-state index contributed by atoms with van der Waals surface area (Å²) >= 11 is 0. The lowest BCUT2D eigenvalue weighted by atomic mass is 10.1. The van der Waals surface area contributed by atoms with E-state index in [4.69, 9.17) is 4.74 Å². The van der Waals surface area contributed by atoms with Crippen molar-refractivity contribution in [3.63, 3.8) is 0 Å². The topological polar surface area (TPSA) is 14.2 Å². The van der Waals surface area contributed by atoms with Crippen LogP contribution in [-0.4, -0.2) is 4.57 Å². The van der Waals surface area contributed by atoms with Crippen molar-refractivity contribution in [1.29, 1.82) is 0 Å². The van der Waals surface area contributed by atoms with Gasteiger partial charge in [-0.3, -0.25) is 0 Å². The molecule has 0 saturated heterocycles. The maximum Gasteiger partial charge on any atom is 0.121 e. The number of nitrogens with zero attached hydrogens (tertiary/aromatic N) is 1. The summed E-state index contributed by atoms with van der Waals surface area (Å²) in [4.78, 5) is 0. The van der Waals surface area contributed by atoms with Crippen molar-refractivity contribution in [3.05, 3.63) is 114 Å². The highest BCUT2D eigenvalue weighted by Gasteiger charge is 2.05. The van der Waals surface area contributed by atoms with E-state index >= 15 is 0 Å². The van der Waals surface area contributed by atoms with E-state index < -0.39 is 0 Å². The molecule has 2 nitrogen and oxygen atoms in total. The molecule has 2 heteroatoms. The van der Waals surface area contributed by atoms with Gasteiger partial charge in [0, 0.05) is 18.8 Å². The molecular formula is C26H21NO. The smallest absolute Gasteiger partial charge is 0.121 e. The van der Waals surface area contributed by atoms with Gasteiger partial charge in [-0.25, -0.2) is 0 Å². The summed E-state index contributed by atoms with van der Waals surface area (Å²) in [5.41, 5.74) is 3.67. The fourth-order valence-corrected chi connectivity index (χ4v) is 3.67. The van der Waals surface area contributed by atoms with Crippen LogP contribution in [0, 0.1) is 0 Å². The molecule has 28 heavy (non-hydrogen) atoms. The van der Waals surface area contributed by atoms with E-state index in [9.17, 15) is 0 Å². The van der Waals surface area contributed by atoms with Crippen LogP contribution in [0.5, 0.6) is 5.75 Å². The molecule has 0 amide bonds. The summed E-state index contributed by atoms with van der Waals surface area (Å²) in [6, 6.07) is 33.9. The van der Waals surface area contributed by atoms with Gasteiger partial charge >= 0.3 is 0 Å². The summed E-state index contributed by atoms with van der Waals surface area (Å²) < 4.78 is 8.31. The Morgan fingerprint density at radius 3 is 2.29 bits per heavy atom. The maximum atomic E-state index is 6.02. The van der Waals surface area contributed by atoms with Gasteiger partial charge in [-0.1, -0.05) is 66.7 Å². The van der Waals surface area contributed by atoms with E-state index in [0.717, 1.165) is 12.3 Å². The van der Waals surface area contributed by atoms with Gasteiger partial charge < -0.3 is 9.30 Å². The summed E-state index contributed by atoms with van der Waals surface area (Å²) in [5.74, 6) is 0.898. The van der Waals surface area contributed by atoms with Crippen molar-refractivity contribution < 1.29 is 4.74 Å². The molecule has 0 N–H and O–H groups in total. The first kappa shape index (κ1) is 16.6. The number of aromatic nitrogens is 1. The van der Waals surface area contributed by atoms with Crippen molar-refractivity contribution in [2.75, 3.05) is 0 Å². The fourth-order valence-electron chi connectivity index (χ4n) is 3.67. The van der Waals surface area contributed by atoms with Crippen LogP contribution < -0.4 is 4.74 Å². The molecular weight excluding hydrogens is 342 g/mol. The number of fused-ring (bicyclic) bond motifs is 2. The van der Waals surface area contributed by atoms with Crippen LogP contribution in [0.1, 0.15) is 11.1 Å². The van der Waals surface area contributed by atoms with Gasteiger partial charge in [0.1, 0.15) is 12.4 Å². The molecule has 1 aromatic heterocycles. The van der Waals surface area contributed by atoms with Crippen molar-refractivity contribution in [3.8, 4) is 5.75 Å². The Hall–Kier alpha value is -3.52. The first-order chi connectivity index (χ1) is 13.8. The number of hydrogen-bond donors (Lipinski definition) is 0. The molecule has 4 aromatic carbocycles. The van der Waals surface area contributed by atoms with E-state index in [1.165, 1.54) is 32.8 Å². The summed E-state index contributed by atoms with van der Waals surface area (Å²) in [6.45, 7) is 1.42. The third-order valence-corrected chi connectivity index (χ3v) is 5.16. The molecule has 0 bridgehead atoms. The Morgan fingerprint density at radius 2 is 1.39 bits per heavy atom. The second-order valence-electron chi connectivity index (χ2n) is 7.12. The fraction of sp³-hybridized carbons (Fsp3) is 0.0769. The first-order valence-corrected chi connectivity index (χ1v) is 9.58. The molecule has 0 unspecified atom stereocenters. The number of rotatable bonds is 5. The SMILES string of the molecule is c1ccc(COc2ccc3ccn(Cc4ccc5ccccc5c4)c3c2)cc1. The minimum absolute atomic E-state index is 0.581. The quantitative estimate of drug-likeness (QED) is 0.351. The van der Waals surface area contributed by atoms with Crippen LogP contribution in [0.2, 0.25) is 0 Å². The van der Waals surface area contributed by atoms with Gasteiger partial charge in [0.05, 0.1) is 5.52 Å². The van der Waals surface area contributed by atoms with Gasteiger partial charge in [-0.2, -0.15) is 0 Å². The third-order valence-electron chi connectivity index (χ3n) is 5.16. The highest BCUT2D eigenvalue weighted by molar-refractivity contribution is 5.84. The second kappa shape index (κ2) is 7.24. The van der Waals surface area contributed by atoms with E-state index in [1.54, 1.807) is 0 Å². The molecule has 0 saturated carbocycles. The molecule has 0 atom stereocenters. The minimum atomic E-state index is 0.581. The largest absolute Gasteiger partial charge is 0.489 e. The van der Waals surface area contributed by atoms with E-state index in [2.05, 4.69) is 83.6 Å². The molecule has 0 aliphatic rings. The zero-order valence-corrected chi connectivity index (χ0v) is 15.6. The van der Waals surface area contributed by atoms with Crippen LogP contribution in [0.25, 0.3) is 21.7 Å². The Labute approximate surface area is 164 Å². The molecule has 5 rings (SSSR count). The van der Waals surface area contributed by atoms with Crippen LogP contribution in [0.4, 0.5) is 0 Å². The molecule has 0 spiro atoms. The van der Waals surface area contributed by atoms with Gasteiger partial charge in [0.2, 0.25) is 0 Å². The molecule has 5 aromatic rings. The van der Waals surface area contributed by atoms with Crippen molar-refractivity contribution in [1.82, 2.24) is 4.57 Å². The second-order valence-corrected chi connectivity index (χ2v) is 7.12. The van der Waals surface area contributed by atoms with Crippen LogP contribution in [0.15, 0.2) is 103 Å². The van der Waals surface area contributed by atoms with Crippen molar-refractivity contribution >= 4 is 21.7 Å². The Kier molecular flexibility index (Phi) is 4.30. The van der Waals surface area contributed by atoms with Gasteiger partial charge in [-0.15, -0.1) is 0 Å². The zero-order valence-electron chi connectivity index (χ0n) is 15.6. The van der Waals surface area contributed by atoms with Crippen molar-refractivity contribution in [2.45, 2.75) is 13.2 Å². The number of hydrogen-bond acceptors (Lipinski definition) is 1. The zero-order chi connectivity index (χ0) is 18.8. The molecule has 0 radical (unpaired) electrons. The summed E-state index contributed by atoms with van der Waals surface area (Å²) in [5, 5.41) is 3.79. The average molecular weight is 363 g/mol. The van der Waals surface area contributed by atoms with Gasteiger partial charge in [0.15, 0.2) is 0 Å². The standard InChI is InChI=1S/C26H21NO/c1-2-6-20(7-3-1)19-28-25-13-12-23-14-15-27(26(23)17-25)18-21-10-11-22-8-4-5-9-24(22)16-21/h1-17H,18-19H2. The van der Waals surface area contributed by atoms with E-state index in [0.29, 0.717) is 6.61 Å². The summed E-state index contributed by atoms with van der Waals surface area (Å²) in [6.07, 6.45) is 2.15. The maximum absolute atomic E-state index is 6.02. The normalized spacial score (nSPS) is 11.1. The molecule has 1 heterocycles. The predicted octanol–water partition coefficient (Wildman–Crippen LogP) is 6.42. The highest BCUT2D eigenvalue weighted by atomic mass is 16.5. The third kappa shape index (κ3) is 3.37. The van der Waals surface area contributed by atoms with Gasteiger partial charge in [-0.05, 0) is 51.6 Å². The molecule has 0 aliphatic heterocycles. The van der Waals surface area contributed by atoms with Crippen LogP contribution in [0.3, 0.4) is 0 Å². The van der Waals surface area contributed by atoms with E-state index in [-0.39, 0.29) is 0 Å². The number of benzene rings is 4. The highest BCUT2D eigenvalue weighted by Crippen LogP contribution is 2.24.